The average Bonchev–Trinajstić information content (AvgIpc) is 2.71. The number of ether oxygens (including phenoxy) is 1. The molecule has 0 atom stereocenters. The van der Waals surface area contributed by atoms with Gasteiger partial charge in [0.15, 0.2) is 0 Å². The largest absolute Gasteiger partial charge is 0.425 e. The van der Waals surface area contributed by atoms with Crippen LogP contribution in [0.3, 0.4) is 0 Å². The number of benzene rings is 1. The van der Waals surface area contributed by atoms with Gasteiger partial charge in [0, 0.05) is 24.4 Å². The molecule has 1 aliphatic rings. The Morgan fingerprint density at radius 3 is 2.63 bits per heavy atom. The van der Waals surface area contributed by atoms with E-state index >= 15 is 0 Å². The summed E-state index contributed by atoms with van der Waals surface area (Å²) in [6.45, 7) is 0.109. The van der Waals surface area contributed by atoms with Crippen LogP contribution in [0.25, 0.3) is 0 Å². The summed E-state index contributed by atoms with van der Waals surface area (Å²) in [6.07, 6.45) is 6.35. The molecule has 0 spiro atoms. The molecule has 0 aliphatic heterocycles. The van der Waals surface area contributed by atoms with E-state index in [1.54, 1.807) is 66.9 Å². The number of hydrogen-bond donors (Lipinski definition) is 0. The molecular formula is C21H15ClN2O3. The van der Waals surface area contributed by atoms with E-state index in [1.807, 2.05) is 0 Å². The number of para-hydroxylation sites is 1. The Bertz CT molecular complexity index is 985. The van der Waals surface area contributed by atoms with Crippen LogP contribution < -0.4 is 9.64 Å². The number of hydrogen-bond acceptors (Lipinski definition) is 4. The summed E-state index contributed by atoms with van der Waals surface area (Å²) >= 11 is 6.00. The number of esters is 1. The van der Waals surface area contributed by atoms with Gasteiger partial charge in [0.05, 0.1) is 11.4 Å². The molecule has 2 aromatic rings. The van der Waals surface area contributed by atoms with Gasteiger partial charge in [0.1, 0.15) is 11.6 Å². The predicted molar refractivity (Wildman–Crippen MR) is 103 cm³/mol. The summed E-state index contributed by atoms with van der Waals surface area (Å²) in [7, 11) is 0. The van der Waals surface area contributed by atoms with Crippen LogP contribution >= 0.6 is 11.6 Å². The van der Waals surface area contributed by atoms with Crippen molar-refractivity contribution in [3.8, 4) is 5.75 Å². The van der Waals surface area contributed by atoms with Crippen molar-refractivity contribution in [2.45, 2.75) is 6.42 Å². The zero-order valence-corrected chi connectivity index (χ0v) is 15.0. The van der Waals surface area contributed by atoms with Crippen LogP contribution in [-0.2, 0) is 9.59 Å². The fraction of sp³-hybridized carbons (Fsp3) is 0.0952. The van der Waals surface area contributed by atoms with E-state index in [9.17, 15) is 9.59 Å². The molecule has 3 rings (SSSR count). The number of nitrogens with zero attached hydrogens (tertiary/aromatic N) is 2. The highest BCUT2D eigenvalue weighted by Crippen LogP contribution is 2.23. The predicted octanol–water partition coefficient (Wildman–Crippen LogP) is 3.87. The van der Waals surface area contributed by atoms with Gasteiger partial charge in [-0.25, -0.2) is 4.98 Å². The van der Waals surface area contributed by atoms with E-state index in [-0.39, 0.29) is 24.6 Å². The van der Waals surface area contributed by atoms with Crippen molar-refractivity contribution in [2.24, 2.45) is 0 Å². The highest BCUT2D eigenvalue weighted by molar-refractivity contribution is 6.32. The number of carbonyl (C=O) groups excluding carboxylic acids is 2. The fourth-order valence-corrected chi connectivity index (χ4v) is 2.55. The molecule has 1 aromatic heterocycles. The Kier molecular flexibility index (Phi) is 6.03. The standard InChI is InChI=1S/C21H15ClN2O3/c22-17-10-4-5-11-18(17)27-20(25)13-15-24(19-12-6-7-14-23-19)21(26)16-8-2-1-3-9-16/h2,4-12,14H,13,15H2. The first-order valence-corrected chi connectivity index (χ1v) is 8.59. The van der Waals surface area contributed by atoms with Crippen LogP contribution in [-0.4, -0.2) is 23.4 Å². The molecule has 5 nitrogen and oxygen atoms in total. The summed E-state index contributed by atoms with van der Waals surface area (Å²) < 4.78 is 5.28. The molecule has 1 aliphatic carbocycles. The number of halogens is 1. The summed E-state index contributed by atoms with van der Waals surface area (Å²) in [4.78, 5) is 30.7. The van der Waals surface area contributed by atoms with E-state index in [0.717, 1.165) is 0 Å². The molecule has 1 amide bonds. The van der Waals surface area contributed by atoms with Gasteiger partial charge in [-0.05, 0) is 36.4 Å². The maximum Gasteiger partial charge on any atom is 0.313 e. The fourth-order valence-electron chi connectivity index (χ4n) is 2.37. The lowest BCUT2D eigenvalue weighted by atomic mass is 10.1. The zero-order chi connectivity index (χ0) is 19.1. The van der Waals surface area contributed by atoms with Crippen LogP contribution in [0.2, 0.25) is 5.02 Å². The first kappa shape index (κ1) is 18.4. The highest BCUT2D eigenvalue weighted by atomic mass is 35.5. The molecule has 0 saturated heterocycles. The number of allylic oxidation sites excluding steroid dienone is 2. The van der Waals surface area contributed by atoms with Crippen molar-refractivity contribution in [1.82, 2.24) is 4.98 Å². The van der Waals surface area contributed by atoms with E-state index < -0.39 is 5.97 Å². The molecule has 1 heterocycles. The third-order valence-electron chi connectivity index (χ3n) is 3.68. The molecule has 6 heteroatoms. The minimum atomic E-state index is -0.496. The number of carbonyl (C=O) groups is 2. The number of pyridine rings is 1. The highest BCUT2D eigenvalue weighted by Gasteiger charge is 2.21. The first-order chi connectivity index (χ1) is 13.1. The molecule has 0 bridgehead atoms. The van der Waals surface area contributed by atoms with Crippen LogP contribution in [0.15, 0.2) is 83.9 Å². The second kappa shape index (κ2) is 8.84. The molecule has 0 saturated carbocycles. The van der Waals surface area contributed by atoms with Crippen LogP contribution in [0.4, 0.5) is 5.82 Å². The topological polar surface area (TPSA) is 59.5 Å². The van der Waals surface area contributed by atoms with Crippen molar-refractivity contribution >= 4 is 29.3 Å². The summed E-state index contributed by atoms with van der Waals surface area (Å²) in [5.41, 5.74) is 5.93. The lowest BCUT2D eigenvalue weighted by Crippen LogP contribution is -2.35. The van der Waals surface area contributed by atoms with E-state index in [1.165, 1.54) is 4.90 Å². The van der Waals surface area contributed by atoms with Crippen LogP contribution in [0, 0.1) is 0 Å². The molecule has 0 radical (unpaired) electrons. The van der Waals surface area contributed by atoms with Gasteiger partial charge in [-0.15, -0.1) is 0 Å². The van der Waals surface area contributed by atoms with Crippen LogP contribution in [0.5, 0.6) is 5.75 Å². The minimum absolute atomic E-state index is 0.0176. The van der Waals surface area contributed by atoms with Gasteiger partial charge in [-0.3, -0.25) is 14.5 Å². The lowest BCUT2D eigenvalue weighted by molar-refractivity contribution is -0.134. The monoisotopic (exact) mass is 378 g/mol. The van der Waals surface area contributed by atoms with Gasteiger partial charge in [0.25, 0.3) is 5.91 Å². The van der Waals surface area contributed by atoms with Crippen molar-refractivity contribution in [2.75, 3.05) is 11.4 Å². The quantitative estimate of drug-likeness (QED) is 0.435. The normalized spacial score (nSPS) is 11.8. The van der Waals surface area contributed by atoms with Gasteiger partial charge in [-0.1, -0.05) is 41.3 Å². The molecule has 0 unspecified atom stereocenters. The Morgan fingerprint density at radius 1 is 1.11 bits per heavy atom. The Hall–Kier alpha value is -3.36. The molecule has 0 fully saturated rings. The summed E-state index contributed by atoms with van der Waals surface area (Å²) in [5, 5.41) is 0.347. The summed E-state index contributed by atoms with van der Waals surface area (Å²) in [6, 6.07) is 11.9. The number of anilines is 1. The molecule has 27 heavy (non-hydrogen) atoms. The number of aromatic nitrogens is 1. The van der Waals surface area contributed by atoms with Gasteiger partial charge >= 0.3 is 5.97 Å². The number of rotatable bonds is 6. The third-order valence-corrected chi connectivity index (χ3v) is 3.99. The zero-order valence-electron chi connectivity index (χ0n) is 14.3. The number of amides is 1. The van der Waals surface area contributed by atoms with Crippen LogP contribution in [0.1, 0.15) is 6.42 Å². The maximum absolute atomic E-state index is 12.8. The van der Waals surface area contributed by atoms with E-state index in [0.29, 0.717) is 16.4 Å². The van der Waals surface area contributed by atoms with Gasteiger partial charge in [-0.2, -0.15) is 0 Å². The van der Waals surface area contributed by atoms with Crippen molar-refractivity contribution in [3.63, 3.8) is 0 Å². The van der Waals surface area contributed by atoms with Gasteiger partial charge < -0.3 is 4.74 Å². The lowest BCUT2D eigenvalue weighted by Gasteiger charge is -2.21. The second-order valence-electron chi connectivity index (χ2n) is 5.52. The first-order valence-electron chi connectivity index (χ1n) is 8.21. The van der Waals surface area contributed by atoms with Crippen molar-refractivity contribution in [3.05, 3.63) is 88.9 Å². The van der Waals surface area contributed by atoms with Gasteiger partial charge in [0.2, 0.25) is 0 Å². The smallest absolute Gasteiger partial charge is 0.313 e. The molecule has 0 N–H and O–H groups in total. The van der Waals surface area contributed by atoms with E-state index in [4.69, 9.17) is 16.3 Å². The molecule has 134 valence electrons. The SMILES string of the molecule is O=C(CCN(C(=O)C1=CC=C=C=C1)c1ccccn1)Oc1ccccc1Cl. The Balaban J connectivity index is 1.72. The molecular weight excluding hydrogens is 364 g/mol. The van der Waals surface area contributed by atoms with Crippen molar-refractivity contribution in [1.29, 1.82) is 0 Å². The van der Waals surface area contributed by atoms with Crippen molar-refractivity contribution < 1.29 is 14.3 Å². The van der Waals surface area contributed by atoms with E-state index in [2.05, 4.69) is 16.4 Å². The maximum atomic E-state index is 12.8. The Morgan fingerprint density at radius 2 is 1.93 bits per heavy atom. The average molecular weight is 379 g/mol. The summed E-state index contributed by atoms with van der Waals surface area (Å²) in [5.74, 6) is -0.0526. The third kappa shape index (κ3) is 4.84. The molecule has 1 aromatic carbocycles. The second-order valence-corrected chi connectivity index (χ2v) is 5.93. The Labute approximate surface area is 161 Å². The minimum Gasteiger partial charge on any atom is -0.425 e.